The second kappa shape index (κ2) is 13.6. The predicted octanol–water partition coefficient (Wildman–Crippen LogP) is 6.49. The van der Waals surface area contributed by atoms with Crippen LogP contribution in [0.4, 0.5) is 35.0 Å². The number of hydrogen-bond donors (Lipinski definition) is 2. The standard InChI is InChI=1S/C32H36F3N5O3/c1-4-38(5-2)30(42)27-21-26(36-29(41)23-12-10-22(3)11-13-23)14-15-28(27)39-16-7-17-40(19-18-39)31(43)37-25-9-6-8-24(20-25)32(33,34)35/h6,8-15,20-21H,4-5,7,16-19H2,1-3H3,(H,36,41)(H,37,43). The van der Waals surface area contributed by atoms with Gasteiger partial charge >= 0.3 is 12.2 Å². The Balaban J connectivity index is 1.52. The third-order valence-corrected chi connectivity index (χ3v) is 7.41. The van der Waals surface area contributed by atoms with E-state index in [2.05, 4.69) is 10.6 Å². The Morgan fingerprint density at radius 3 is 2.21 bits per heavy atom. The van der Waals surface area contributed by atoms with Gasteiger partial charge in [0.2, 0.25) is 0 Å². The molecule has 3 aromatic carbocycles. The van der Waals surface area contributed by atoms with E-state index in [-0.39, 0.29) is 17.5 Å². The average Bonchev–Trinajstić information content (AvgIpc) is 3.24. The number of urea groups is 1. The number of nitrogens with one attached hydrogen (secondary N) is 2. The van der Waals surface area contributed by atoms with Gasteiger partial charge in [0.05, 0.1) is 11.1 Å². The Bertz CT molecular complexity index is 1460. The van der Waals surface area contributed by atoms with Gasteiger partial charge in [0.15, 0.2) is 0 Å². The SMILES string of the molecule is CCN(CC)C(=O)c1cc(NC(=O)c2ccc(C)cc2)ccc1N1CCCN(C(=O)Nc2cccc(C(F)(F)F)c2)CC1. The van der Waals surface area contributed by atoms with E-state index in [9.17, 15) is 27.6 Å². The molecule has 2 N–H and O–H groups in total. The number of carbonyl (C=O) groups is 3. The van der Waals surface area contributed by atoms with Crippen molar-refractivity contribution >= 4 is 34.9 Å². The van der Waals surface area contributed by atoms with Gasteiger partial charge in [0.25, 0.3) is 11.8 Å². The molecule has 8 nitrogen and oxygen atoms in total. The van der Waals surface area contributed by atoms with Gasteiger partial charge in [0.1, 0.15) is 0 Å². The summed E-state index contributed by atoms with van der Waals surface area (Å²) >= 11 is 0. The van der Waals surface area contributed by atoms with Crippen LogP contribution in [0.1, 0.15) is 52.1 Å². The highest BCUT2D eigenvalue weighted by Crippen LogP contribution is 2.31. The molecule has 1 heterocycles. The molecule has 0 unspecified atom stereocenters. The van der Waals surface area contributed by atoms with E-state index >= 15 is 0 Å². The molecular formula is C32H36F3N5O3. The van der Waals surface area contributed by atoms with E-state index in [1.165, 1.54) is 12.1 Å². The van der Waals surface area contributed by atoms with Crippen LogP contribution in [0.3, 0.4) is 0 Å². The lowest BCUT2D eigenvalue weighted by Gasteiger charge is -2.28. The molecule has 228 valence electrons. The van der Waals surface area contributed by atoms with Crippen molar-refractivity contribution in [1.29, 1.82) is 0 Å². The quantitative estimate of drug-likeness (QED) is 0.327. The fourth-order valence-corrected chi connectivity index (χ4v) is 4.99. The molecule has 1 aliphatic rings. The number of halogens is 3. The number of anilines is 3. The van der Waals surface area contributed by atoms with E-state index in [0.717, 1.165) is 17.7 Å². The number of benzene rings is 3. The van der Waals surface area contributed by atoms with Gasteiger partial charge in [-0.25, -0.2) is 4.79 Å². The summed E-state index contributed by atoms with van der Waals surface area (Å²) in [5.74, 6) is -0.457. The van der Waals surface area contributed by atoms with Crippen LogP contribution in [0.2, 0.25) is 0 Å². The zero-order valence-corrected chi connectivity index (χ0v) is 24.5. The molecule has 4 rings (SSSR count). The average molecular weight is 596 g/mol. The fourth-order valence-electron chi connectivity index (χ4n) is 4.99. The molecule has 0 bridgehead atoms. The first-order valence-electron chi connectivity index (χ1n) is 14.3. The highest BCUT2D eigenvalue weighted by atomic mass is 19.4. The topological polar surface area (TPSA) is 85.0 Å². The van der Waals surface area contributed by atoms with Crippen molar-refractivity contribution < 1.29 is 27.6 Å². The number of aryl methyl sites for hydroxylation is 1. The van der Waals surface area contributed by atoms with Crippen molar-refractivity contribution in [2.24, 2.45) is 0 Å². The number of carbonyl (C=O) groups excluding carboxylic acids is 3. The summed E-state index contributed by atoms with van der Waals surface area (Å²) < 4.78 is 39.3. The second-order valence-corrected chi connectivity index (χ2v) is 10.4. The van der Waals surface area contributed by atoms with Gasteiger partial charge in [0, 0.05) is 61.9 Å². The number of hydrogen-bond acceptors (Lipinski definition) is 4. The molecule has 11 heteroatoms. The van der Waals surface area contributed by atoms with Crippen molar-refractivity contribution in [2.45, 2.75) is 33.4 Å². The zero-order chi connectivity index (χ0) is 31.1. The molecule has 0 radical (unpaired) electrons. The summed E-state index contributed by atoms with van der Waals surface area (Å²) in [7, 11) is 0. The van der Waals surface area contributed by atoms with E-state index in [4.69, 9.17) is 0 Å². The zero-order valence-electron chi connectivity index (χ0n) is 24.5. The smallest absolute Gasteiger partial charge is 0.369 e. The van der Waals surface area contributed by atoms with Crippen molar-refractivity contribution in [3.05, 3.63) is 89.0 Å². The maximum atomic E-state index is 13.6. The Labute approximate surface area is 249 Å². The molecule has 3 aromatic rings. The fraction of sp³-hybridized carbons (Fsp3) is 0.344. The van der Waals surface area contributed by atoms with E-state index in [1.54, 1.807) is 40.1 Å². The number of amides is 4. The van der Waals surface area contributed by atoms with Crippen LogP contribution >= 0.6 is 0 Å². The lowest BCUT2D eigenvalue weighted by Crippen LogP contribution is -2.38. The van der Waals surface area contributed by atoms with Gasteiger partial charge in [-0.05, 0) is 75.7 Å². The van der Waals surface area contributed by atoms with Crippen molar-refractivity contribution in [1.82, 2.24) is 9.80 Å². The Kier molecular flexibility index (Phi) is 9.95. The summed E-state index contributed by atoms with van der Waals surface area (Å²) in [4.78, 5) is 44.7. The van der Waals surface area contributed by atoms with Gasteiger partial charge in [-0.15, -0.1) is 0 Å². The van der Waals surface area contributed by atoms with E-state index in [1.807, 2.05) is 37.8 Å². The number of alkyl halides is 3. The molecule has 1 fully saturated rings. The maximum Gasteiger partial charge on any atom is 0.416 e. The largest absolute Gasteiger partial charge is 0.416 e. The molecule has 4 amide bonds. The summed E-state index contributed by atoms with van der Waals surface area (Å²) in [6, 6.07) is 16.5. The molecule has 0 aromatic heterocycles. The normalized spacial score (nSPS) is 13.7. The van der Waals surface area contributed by atoms with Crippen LogP contribution in [0.25, 0.3) is 0 Å². The monoisotopic (exact) mass is 595 g/mol. The number of nitrogens with zero attached hydrogens (tertiary/aromatic N) is 3. The van der Waals surface area contributed by atoms with Gasteiger partial charge in [-0.3, -0.25) is 9.59 Å². The van der Waals surface area contributed by atoms with Crippen molar-refractivity contribution in [2.75, 3.05) is 54.8 Å². The molecule has 1 saturated heterocycles. The van der Waals surface area contributed by atoms with E-state index in [0.29, 0.717) is 68.2 Å². The maximum absolute atomic E-state index is 13.6. The predicted molar refractivity (Wildman–Crippen MR) is 162 cm³/mol. The third-order valence-electron chi connectivity index (χ3n) is 7.41. The van der Waals surface area contributed by atoms with Crippen LogP contribution in [0, 0.1) is 6.92 Å². The Hall–Kier alpha value is -4.54. The van der Waals surface area contributed by atoms with Crippen LogP contribution in [-0.4, -0.2) is 66.9 Å². The highest BCUT2D eigenvalue weighted by Gasteiger charge is 2.31. The van der Waals surface area contributed by atoms with Crippen LogP contribution in [0.5, 0.6) is 0 Å². The molecule has 0 spiro atoms. The minimum Gasteiger partial charge on any atom is -0.369 e. The van der Waals surface area contributed by atoms with Gasteiger partial charge in [-0.2, -0.15) is 13.2 Å². The summed E-state index contributed by atoms with van der Waals surface area (Å²) in [5, 5.41) is 5.46. The second-order valence-electron chi connectivity index (χ2n) is 10.4. The number of rotatable bonds is 7. The molecule has 43 heavy (non-hydrogen) atoms. The molecular weight excluding hydrogens is 559 g/mol. The van der Waals surface area contributed by atoms with E-state index < -0.39 is 17.8 Å². The first-order chi connectivity index (χ1) is 20.5. The summed E-state index contributed by atoms with van der Waals surface area (Å²) in [5.41, 5.74) is 2.38. The highest BCUT2D eigenvalue weighted by molar-refractivity contribution is 6.06. The Morgan fingerprint density at radius 1 is 0.837 bits per heavy atom. The van der Waals surface area contributed by atoms with Crippen LogP contribution in [-0.2, 0) is 6.18 Å². The third kappa shape index (κ3) is 7.85. The lowest BCUT2D eigenvalue weighted by molar-refractivity contribution is -0.137. The summed E-state index contributed by atoms with van der Waals surface area (Å²) in [6.07, 6.45) is -3.93. The summed E-state index contributed by atoms with van der Waals surface area (Å²) in [6.45, 7) is 8.42. The van der Waals surface area contributed by atoms with Gasteiger partial charge in [-0.1, -0.05) is 23.8 Å². The minimum atomic E-state index is -4.51. The minimum absolute atomic E-state index is 0.0660. The van der Waals surface area contributed by atoms with Crippen molar-refractivity contribution in [3.8, 4) is 0 Å². The van der Waals surface area contributed by atoms with Crippen LogP contribution in [0.15, 0.2) is 66.7 Å². The molecule has 0 aliphatic carbocycles. The molecule has 0 saturated carbocycles. The molecule has 1 aliphatic heterocycles. The van der Waals surface area contributed by atoms with Crippen molar-refractivity contribution in [3.63, 3.8) is 0 Å². The first-order valence-corrected chi connectivity index (χ1v) is 14.3. The molecule has 0 atom stereocenters. The first kappa shape index (κ1) is 31.4. The lowest BCUT2D eigenvalue weighted by atomic mass is 10.1. The Morgan fingerprint density at radius 2 is 1.53 bits per heavy atom. The van der Waals surface area contributed by atoms with Gasteiger partial charge < -0.3 is 25.3 Å². The van der Waals surface area contributed by atoms with Crippen LogP contribution < -0.4 is 15.5 Å².